The number of piperazine rings is 1. The van der Waals surface area contributed by atoms with E-state index in [-0.39, 0.29) is 6.10 Å². The summed E-state index contributed by atoms with van der Waals surface area (Å²) in [6.07, 6.45) is 8.07. The lowest BCUT2D eigenvalue weighted by atomic mass is 10.1. The van der Waals surface area contributed by atoms with Gasteiger partial charge >= 0.3 is 0 Å². The standard InChI is InChI=1S/C14H30N2O/c1-2-3-7-14(17)8-5-4-6-11-16-12-9-15-10-13-16/h14-15,17H,2-13H2,1H3/t14-/m0/s1. The SMILES string of the molecule is CCCC[C@H](O)CCCCCN1CCNCC1. The van der Waals surface area contributed by atoms with Crippen LogP contribution in [0.15, 0.2) is 0 Å². The Hall–Kier alpha value is -0.120. The van der Waals surface area contributed by atoms with Crippen molar-refractivity contribution in [3.05, 3.63) is 0 Å². The summed E-state index contributed by atoms with van der Waals surface area (Å²) in [5, 5.41) is 13.1. The molecule has 1 fully saturated rings. The molecule has 0 aliphatic carbocycles. The molecule has 1 aliphatic heterocycles. The highest BCUT2D eigenvalue weighted by Gasteiger charge is 2.08. The number of unbranched alkanes of at least 4 members (excludes halogenated alkanes) is 3. The summed E-state index contributed by atoms with van der Waals surface area (Å²) in [4.78, 5) is 2.55. The summed E-state index contributed by atoms with van der Waals surface area (Å²) >= 11 is 0. The molecule has 3 heteroatoms. The van der Waals surface area contributed by atoms with Gasteiger partial charge in [-0.25, -0.2) is 0 Å². The number of aliphatic hydroxyl groups excluding tert-OH is 1. The molecule has 0 unspecified atom stereocenters. The summed E-state index contributed by atoms with van der Waals surface area (Å²) in [6, 6.07) is 0. The van der Waals surface area contributed by atoms with Crippen LogP contribution in [0, 0.1) is 0 Å². The molecule has 0 spiro atoms. The second-order valence-corrected chi connectivity index (χ2v) is 5.24. The van der Waals surface area contributed by atoms with E-state index < -0.39 is 0 Å². The zero-order chi connectivity index (χ0) is 12.3. The van der Waals surface area contributed by atoms with Crippen molar-refractivity contribution in [2.75, 3.05) is 32.7 Å². The molecule has 1 atom stereocenters. The number of aliphatic hydroxyl groups is 1. The van der Waals surface area contributed by atoms with Crippen LogP contribution in [0.1, 0.15) is 51.9 Å². The molecule has 0 bridgehead atoms. The third kappa shape index (κ3) is 7.74. The van der Waals surface area contributed by atoms with E-state index in [2.05, 4.69) is 17.1 Å². The highest BCUT2D eigenvalue weighted by atomic mass is 16.3. The van der Waals surface area contributed by atoms with Crippen LogP contribution in [0.5, 0.6) is 0 Å². The van der Waals surface area contributed by atoms with Crippen LogP contribution in [0.2, 0.25) is 0 Å². The molecule has 1 heterocycles. The van der Waals surface area contributed by atoms with Gasteiger partial charge in [0.15, 0.2) is 0 Å². The van der Waals surface area contributed by atoms with Gasteiger partial charge in [0, 0.05) is 26.2 Å². The van der Waals surface area contributed by atoms with E-state index in [0.29, 0.717) is 0 Å². The fourth-order valence-corrected chi connectivity index (χ4v) is 2.41. The lowest BCUT2D eigenvalue weighted by molar-refractivity contribution is 0.147. The number of hydrogen-bond donors (Lipinski definition) is 2. The van der Waals surface area contributed by atoms with Crippen LogP contribution in [0.25, 0.3) is 0 Å². The lowest BCUT2D eigenvalue weighted by Crippen LogP contribution is -2.43. The predicted molar refractivity (Wildman–Crippen MR) is 73.3 cm³/mol. The molecule has 102 valence electrons. The van der Waals surface area contributed by atoms with Crippen molar-refractivity contribution in [1.82, 2.24) is 10.2 Å². The van der Waals surface area contributed by atoms with Gasteiger partial charge in [-0.2, -0.15) is 0 Å². The van der Waals surface area contributed by atoms with Crippen molar-refractivity contribution in [2.24, 2.45) is 0 Å². The normalized spacial score (nSPS) is 19.4. The van der Waals surface area contributed by atoms with E-state index in [4.69, 9.17) is 0 Å². The molecular weight excluding hydrogens is 212 g/mol. The number of rotatable bonds is 9. The van der Waals surface area contributed by atoms with Gasteiger partial charge in [-0.15, -0.1) is 0 Å². The summed E-state index contributed by atoms with van der Waals surface area (Å²) < 4.78 is 0. The van der Waals surface area contributed by atoms with Crippen LogP contribution in [-0.2, 0) is 0 Å². The minimum atomic E-state index is -0.0471. The topological polar surface area (TPSA) is 35.5 Å². The van der Waals surface area contributed by atoms with Crippen LogP contribution in [-0.4, -0.2) is 48.8 Å². The van der Waals surface area contributed by atoms with Gasteiger partial charge in [-0.1, -0.05) is 32.6 Å². The Bertz CT molecular complexity index is 170. The molecular formula is C14H30N2O. The molecule has 17 heavy (non-hydrogen) atoms. The maximum absolute atomic E-state index is 9.71. The molecule has 0 saturated carbocycles. The van der Waals surface area contributed by atoms with Gasteiger partial charge in [-0.05, 0) is 25.8 Å². The first kappa shape index (κ1) is 14.9. The third-order valence-electron chi connectivity index (χ3n) is 3.61. The Labute approximate surface area is 107 Å². The third-order valence-corrected chi connectivity index (χ3v) is 3.61. The zero-order valence-electron chi connectivity index (χ0n) is 11.5. The predicted octanol–water partition coefficient (Wildman–Crippen LogP) is 2.00. The molecule has 0 amide bonds. The highest BCUT2D eigenvalue weighted by Crippen LogP contribution is 2.10. The quantitative estimate of drug-likeness (QED) is 0.607. The molecule has 1 saturated heterocycles. The summed E-state index contributed by atoms with van der Waals surface area (Å²) in [5.41, 5.74) is 0. The fourth-order valence-electron chi connectivity index (χ4n) is 2.41. The largest absolute Gasteiger partial charge is 0.393 e. The van der Waals surface area contributed by atoms with Crippen LogP contribution < -0.4 is 5.32 Å². The molecule has 1 rings (SSSR count). The van der Waals surface area contributed by atoms with E-state index in [1.54, 1.807) is 0 Å². The average Bonchev–Trinajstić information content (AvgIpc) is 2.37. The van der Waals surface area contributed by atoms with Crippen LogP contribution >= 0.6 is 0 Å². The second kappa shape index (κ2) is 9.86. The second-order valence-electron chi connectivity index (χ2n) is 5.24. The number of hydrogen-bond acceptors (Lipinski definition) is 3. The minimum Gasteiger partial charge on any atom is -0.393 e. The lowest BCUT2D eigenvalue weighted by Gasteiger charge is -2.27. The Morgan fingerprint density at radius 1 is 1.06 bits per heavy atom. The van der Waals surface area contributed by atoms with E-state index >= 15 is 0 Å². The summed E-state index contributed by atoms with van der Waals surface area (Å²) in [6.45, 7) is 8.14. The molecule has 3 nitrogen and oxygen atoms in total. The van der Waals surface area contributed by atoms with Crippen LogP contribution in [0.3, 0.4) is 0 Å². The van der Waals surface area contributed by atoms with Crippen LogP contribution in [0.4, 0.5) is 0 Å². The minimum absolute atomic E-state index is 0.0471. The Morgan fingerprint density at radius 2 is 1.76 bits per heavy atom. The van der Waals surface area contributed by atoms with Crippen molar-refractivity contribution in [2.45, 2.75) is 58.0 Å². The van der Waals surface area contributed by atoms with Gasteiger partial charge in [0.05, 0.1) is 6.10 Å². The smallest absolute Gasteiger partial charge is 0.0540 e. The Balaban J connectivity index is 1.86. The van der Waals surface area contributed by atoms with Crippen molar-refractivity contribution in [1.29, 1.82) is 0 Å². The fraction of sp³-hybridized carbons (Fsp3) is 1.00. The van der Waals surface area contributed by atoms with E-state index in [9.17, 15) is 5.11 Å². The van der Waals surface area contributed by atoms with E-state index in [1.165, 1.54) is 51.7 Å². The average molecular weight is 242 g/mol. The Kier molecular flexibility index (Phi) is 8.67. The number of nitrogens with zero attached hydrogens (tertiary/aromatic N) is 1. The zero-order valence-corrected chi connectivity index (χ0v) is 11.5. The Morgan fingerprint density at radius 3 is 2.47 bits per heavy atom. The highest BCUT2D eigenvalue weighted by molar-refractivity contribution is 4.67. The molecule has 0 radical (unpaired) electrons. The van der Waals surface area contributed by atoms with Gasteiger partial charge in [0.2, 0.25) is 0 Å². The molecule has 1 aliphatic rings. The van der Waals surface area contributed by atoms with Crippen molar-refractivity contribution < 1.29 is 5.11 Å². The maximum atomic E-state index is 9.71. The molecule has 0 aromatic rings. The molecule has 0 aromatic carbocycles. The van der Waals surface area contributed by atoms with Gasteiger partial charge < -0.3 is 15.3 Å². The summed E-state index contributed by atoms with van der Waals surface area (Å²) in [7, 11) is 0. The van der Waals surface area contributed by atoms with Crippen molar-refractivity contribution >= 4 is 0 Å². The monoisotopic (exact) mass is 242 g/mol. The first-order chi connectivity index (χ1) is 8.33. The number of nitrogens with one attached hydrogen (secondary N) is 1. The van der Waals surface area contributed by atoms with Gasteiger partial charge in [0.25, 0.3) is 0 Å². The van der Waals surface area contributed by atoms with Gasteiger partial charge in [-0.3, -0.25) is 0 Å². The van der Waals surface area contributed by atoms with Crippen molar-refractivity contribution in [3.63, 3.8) is 0 Å². The molecule has 0 aromatic heterocycles. The van der Waals surface area contributed by atoms with Crippen molar-refractivity contribution in [3.8, 4) is 0 Å². The van der Waals surface area contributed by atoms with Gasteiger partial charge in [0.1, 0.15) is 0 Å². The first-order valence-corrected chi connectivity index (χ1v) is 7.44. The van der Waals surface area contributed by atoms with E-state index in [1.807, 2.05) is 0 Å². The first-order valence-electron chi connectivity index (χ1n) is 7.44. The molecule has 2 N–H and O–H groups in total. The summed E-state index contributed by atoms with van der Waals surface area (Å²) in [5.74, 6) is 0. The maximum Gasteiger partial charge on any atom is 0.0540 e. The van der Waals surface area contributed by atoms with E-state index in [0.717, 1.165) is 25.9 Å².